The first-order valence-corrected chi connectivity index (χ1v) is 5.43. The molecular weight excluding hydrogens is 178 g/mol. The molecular formula is C10H19N3O. The standard InChI is InChI=1S/C10H19N3O/c1-2-10(5-6-14-7-10)13-9(11)12-8-3-4-8/h8H,2-7H2,1H3,(H3,11,12,13). The van der Waals surface area contributed by atoms with Crippen LogP contribution in [0.4, 0.5) is 0 Å². The maximum atomic E-state index is 5.84. The van der Waals surface area contributed by atoms with E-state index in [-0.39, 0.29) is 5.54 Å². The molecule has 0 aromatic rings. The molecule has 2 fully saturated rings. The molecule has 0 spiro atoms. The van der Waals surface area contributed by atoms with Crippen LogP contribution < -0.4 is 11.1 Å². The first-order chi connectivity index (χ1) is 6.74. The minimum absolute atomic E-state index is 0.0441. The molecule has 1 atom stereocenters. The van der Waals surface area contributed by atoms with Gasteiger partial charge in [0, 0.05) is 6.61 Å². The Bertz CT molecular complexity index is 230. The normalized spacial score (nSPS) is 33.4. The highest BCUT2D eigenvalue weighted by molar-refractivity contribution is 5.79. The summed E-state index contributed by atoms with van der Waals surface area (Å²) >= 11 is 0. The van der Waals surface area contributed by atoms with Gasteiger partial charge in [-0.25, -0.2) is 0 Å². The Hall–Kier alpha value is -0.770. The molecule has 4 heteroatoms. The van der Waals surface area contributed by atoms with Gasteiger partial charge in [0.25, 0.3) is 0 Å². The highest BCUT2D eigenvalue weighted by Crippen LogP contribution is 2.24. The molecule has 2 aliphatic rings. The lowest BCUT2D eigenvalue weighted by Crippen LogP contribution is -2.51. The number of ether oxygens (including phenoxy) is 1. The fourth-order valence-electron chi connectivity index (χ4n) is 1.78. The van der Waals surface area contributed by atoms with Gasteiger partial charge in [-0.05, 0) is 25.7 Å². The minimum atomic E-state index is 0.0441. The van der Waals surface area contributed by atoms with Gasteiger partial charge in [0.2, 0.25) is 0 Å². The van der Waals surface area contributed by atoms with Crippen LogP contribution in [0.15, 0.2) is 4.99 Å². The van der Waals surface area contributed by atoms with Crippen molar-refractivity contribution in [2.75, 3.05) is 13.2 Å². The van der Waals surface area contributed by atoms with Crippen LogP contribution in [-0.2, 0) is 4.74 Å². The zero-order valence-corrected chi connectivity index (χ0v) is 8.75. The lowest BCUT2D eigenvalue weighted by atomic mass is 9.96. The molecule has 0 aromatic heterocycles. The van der Waals surface area contributed by atoms with Crippen molar-refractivity contribution in [2.24, 2.45) is 10.7 Å². The third-order valence-corrected chi connectivity index (χ3v) is 3.04. The molecule has 1 saturated heterocycles. The number of hydrogen-bond acceptors (Lipinski definition) is 2. The molecule has 1 aliphatic carbocycles. The highest BCUT2D eigenvalue weighted by atomic mass is 16.5. The zero-order chi connectivity index (χ0) is 10.0. The van der Waals surface area contributed by atoms with Crippen LogP contribution in [0.25, 0.3) is 0 Å². The van der Waals surface area contributed by atoms with E-state index in [2.05, 4.69) is 17.2 Å². The van der Waals surface area contributed by atoms with Crippen molar-refractivity contribution in [3.8, 4) is 0 Å². The maximum absolute atomic E-state index is 5.84. The average molecular weight is 197 g/mol. The second-order valence-corrected chi connectivity index (χ2v) is 4.31. The van der Waals surface area contributed by atoms with Crippen LogP contribution in [0.3, 0.4) is 0 Å². The quantitative estimate of drug-likeness (QED) is 0.515. The number of nitrogens with one attached hydrogen (secondary N) is 1. The van der Waals surface area contributed by atoms with Crippen molar-refractivity contribution in [3.63, 3.8) is 0 Å². The van der Waals surface area contributed by atoms with Gasteiger partial charge in [0.15, 0.2) is 5.96 Å². The van der Waals surface area contributed by atoms with Gasteiger partial charge in [-0.15, -0.1) is 0 Å². The molecule has 1 unspecified atom stereocenters. The number of guanidine groups is 1. The smallest absolute Gasteiger partial charge is 0.189 e. The van der Waals surface area contributed by atoms with Gasteiger partial charge < -0.3 is 15.8 Å². The lowest BCUT2D eigenvalue weighted by Gasteiger charge is -2.27. The summed E-state index contributed by atoms with van der Waals surface area (Å²) in [5.74, 6) is 0.597. The SMILES string of the molecule is CCC1(NC(N)=NC2CC2)CCOC1. The van der Waals surface area contributed by atoms with Crippen LogP contribution in [0, 0.1) is 0 Å². The zero-order valence-electron chi connectivity index (χ0n) is 8.75. The molecule has 4 nitrogen and oxygen atoms in total. The number of rotatable bonds is 3. The Balaban J connectivity index is 1.92. The summed E-state index contributed by atoms with van der Waals surface area (Å²) in [5, 5.41) is 3.32. The van der Waals surface area contributed by atoms with Crippen molar-refractivity contribution in [1.29, 1.82) is 0 Å². The van der Waals surface area contributed by atoms with E-state index in [0.717, 1.165) is 26.1 Å². The molecule has 1 heterocycles. The summed E-state index contributed by atoms with van der Waals surface area (Å²) in [6, 6.07) is 0.485. The first-order valence-electron chi connectivity index (χ1n) is 5.43. The number of nitrogens with two attached hydrogens (primary N) is 1. The van der Waals surface area contributed by atoms with E-state index in [9.17, 15) is 0 Å². The van der Waals surface area contributed by atoms with Crippen LogP contribution >= 0.6 is 0 Å². The summed E-state index contributed by atoms with van der Waals surface area (Å²) in [7, 11) is 0. The van der Waals surface area contributed by atoms with Crippen LogP contribution in [0.5, 0.6) is 0 Å². The number of hydrogen-bond donors (Lipinski definition) is 2. The van der Waals surface area contributed by atoms with E-state index in [0.29, 0.717) is 12.0 Å². The third-order valence-electron chi connectivity index (χ3n) is 3.04. The molecule has 1 aliphatic heterocycles. The Kier molecular flexibility index (Phi) is 2.63. The fourth-order valence-corrected chi connectivity index (χ4v) is 1.78. The van der Waals surface area contributed by atoms with Crippen molar-refractivity contribution >= 4 is 5.96 Å². The van der Waals surface area contributed by atoms with E-state index in [1.807, 2.05) is 0 Å². The van der Waals surface area contributed by atoms with E-state index in [1.165, 1.54) is 12.8 Å². The second-order valence-electron chi connectivity index (χ2n) is 4.31. The largest absolute Gasteiger partial charge is 0.379 e. The Morgan fingerprint density at radius 3 is 2.93 bits per heavy atom. The van der Waals surface area contributed by atoms with Crippen LogP contribution in [-0.4, -0.2) is 30.8 Å². The summed E-state index contributed by atoms with van der Waals surface area (Å²) in [6.45, 7) is 3.74. The lowest BCUT2D eigenvalue weighted by molar-refractivity contribution is 0.171. The Morgan fingerprint density at radius 1 is 1.64 bits per heavy atom. The van der Waals surface area contributed by atoms with Crippen LogP contribution in [0.2, 0.25) is 0 Å². The van der Waals surface area contributed by atoms with Gasteiger partial charge in [0.05, 0.1) is 18.2 Å². The molecule has 0 bridgehead atoms. The van der Waals surface area contributed by atoms with E-state index < -0.39 is 0 Å². The molecule has 0 amide bonds. The first kappa shape index (κ1) is 9.77. The van der Waals surface area contributed by atoms with Gasteiger partial charge in [-0.3, -0.25) is 4.99 Å². The predicted octanol–water partition coefficient (Wildman–Crippen LogP) is 0.622. The summed E-state index contributed by atoms with van der Waals surface area (Å²) < 4.78 is 5.40. The van der Waals surface area contributed by atoms with Gasteiger partial charge in [-0.1, -0.05) is 6.92 Å². The van der Waals surface area contributed by atoms with Crippen molar-refractivity contribution < 1.29 is 4.74 Å². The molecule has 3 N–H and O–H groups in total. The van der Waals surface area contributed by atoms with Gasteiger partial charge in [-0.2, -0.15) is 0 Å². The van der Waals surface area contributed by atoms with Crippen molar-refractivity contribution in [3.05, 3.63) is 0 Å². The molecule has 0 aromatic carbocycles. The molecule has 1 saturated carbocycles. The monoisotopic (exact) mass is 197 g/mol. The topological polar surface area (TPSA) is 59.6 Å². The summed E-state index contributed by atoms with van der Waals surface area (Å²) in [5.41, 5.74) is 5.88. The summed E-state index contributed by atoms with van der Waals surface area (Å²) in [6.07, 6.45) is 4.45. The van der Waals surface area contributed by atoms with E-state index >= 15 is 0 Å². The number of aliphatic imine (C=N–C) groups is 1. The second kappa shape index (κ2) is 3.77. The molecule has 14 heavy (non-hydrogen) atoms. The molecule has 0 radical (unpaired) electrons. The third kappa shape index (κ3) is 2.18. The van der Waals surface area contributed by atoms with Crippen LogP contribution in [0.1, 0.15) is 32.6 Å². The highest BCUT2D eigenvalue weighted by Gasteiger charge is 2.33. The summed E-state index contributed by atoms with van der Waals surface area (Å²) in [4.78, 5) is 4.37. The Labute approximate surface area is 84.9 Å². The minimum Gasteiger partial charge on any atom is -0.379 e. The predicted molar refractivity (Wildman–Crippen MR) is 56.2 cm³/mol. The van der Waals surface area contributed by atoms with E-state index in [1.54, 1.807) is 0 Å². The number of nitrogens with zero attached hydrogens (tertiary/aromatic N) is 1. The van der Waals surface area contributed by atoms with Gasteiger partial charge >= 0.3 is 0 Å². The molecule has 80 valence electrons. The van der Waals surface area contributed by atoms with Gasteiger partial charge in [0.1, 0.15) is 0 Å². The maximum Gasteiger partial charge on any atom is 0.189 e. The Morgan fingerprint density at radius 2 is 2.43 bits per heavy atom. The molecule has 2 rings (SSSR count). The van der Waals surface area contributed by atoms with E-state index in [4.69, 9.17) is 10.5 Å². The van der Waals surface area contributed by atoms with Crippen molar-refractivity contribution in [1.82, 2.24) is 5.32 Å². The van der Waals surface area contributed by atoms with Crippen molar-refractivity contribution in [2.45, 2.75) is 44.2 Å². The fraction of sp³-hybridized carbons (Fsp3) is 0.900. The average Bonchev–Trinajstić information content (AvgIpc) is 2.83.